The summed E-state index contributed by atoms with van der Waals surface area (Å²) >= 11 is 0. The molecular weight excluding hydrogens is 168 g/mol. The van der Waals surface area contributed by atoms with Crippen molar-refractivity contribution in [3.8, 4) is 0 Å². The molecule has 0 atom stereocenters. The summed E-state index contributed by atoms with van der Waals surface area (Å²) < 4.78 is 0. The average molecular weight is 182 g/mol. The van der Waals surface area contributed by atoms with E-state index in [0.29, 0.717) is 0 Å². The fourth-order valence-corrected chi connectivity index (χ4v) is 1.33. The molecule has 0 saturated carbocycles. The lowest BCUT2D eigenvalue weighted by Gasteiger charge is -2.01. The van der Waals surface area contributed by atoms with Gasteiger partial charge in [-0.25, -0.2) is 0 Å². The van der Waals surface area contributed by atoms with Gasteiger partial charge in [0.05, 0.1) is 0 Å². The standard InChI is InChI=1S/C14H14/c1-4-7-12-8-10-14(11-9-12)13(5-2)6-3/h7-11H,1-2,6H2,3H3. The minimum atomic E-state index is 0.958. The van der Waals surface area contributed by atoms with Crippen LogP contribution in [-0.2, 0) is 0 Å². The van der Waals surface area contributed by atoms with Crippen LogP contribution in [0.15, 0.2) is 48.9 Å². The first kappa shape index (κ1) is 10.3. The molecule has 0 amide bonds. The van der Waals surface area contributed by atoms with Crippen LogP contribution in [0.4, 0.5) is 0 Å². The highest BCUT2D eigenvalue weighted by atomic mass is 14.0. The van der Waals surface area contributed by atoms with Crippen molar-refractivity contribution in [1.29, 1.82) is 0 Å². The Kier molecular flexibility index (Phi) is 3.76. The second-order valence-electron chi connectivity index (χ2n) is 2.98. The van der Waals surface area contributed by atoms with Crippen LogP contribution in [0.5, 0.6) is 0 Å². The molecule has 0 saturated heterocycles. The molecule has 0 radical (unpaired) electrons. The summed E-state index contributed by atoms with van der Waals surface area (Å²) in [5.41, 5.74) is 9.15. The van der Waals surface area contributed by atoms with Gasteiger partial charge in [-0.2, -0.15) is 0 Å². The zero-order chi connectivity index (χ0) is 10.4. The van der Waals surface area contributed by atoms with E-state index >= 15 is 0 Å². The Morgan fingerprint density at radius 1 is 1.29 bits per heavy atom. The molecule has 1 rings (SSSR count). The smallest absolute Gasteiger partial charge is 0.000306 e. The summed E-state index contributed by atoms with van der Waals surface area (Å²) in [5.74, 6) is 0. The number of allylic oxidation sites excluding steroid dienone is 1. The average Bonchev–Trinajstić information content (AvgIpc) is 2.23. The number of hydrogen-bond donors (Lipinski definition) is 0. The first-order valence-electron chi connectivity index (χ1n) is 4.67. The molecule has 70 valence electrons. The molecule has 0 aromatic heterocycles. The predicted molar refractivity (Wildman–Crippen MR) is 62.9 cm³/mol. The van der Waals surface area contributed by atoms with Crippen molar-refractivity contribution in [2.24, 2.45) is 0 Å². The number of benzene rings is 1. The zero-order valence-corrected chi connectivity index (χ0v) is 8.51. The Morgan fingerprint density at radius 2 is 1.93 bits per heavy atom. The molecule has 0 heterocycles. The maximum absolute atomic E-state index is 3.67. The lowest BCUT2D eigenvalue weighted by molar-refractivity contribution is 1.24. The maximum atomic E-state index is 3.67. The summed E-state index contributed by atoms with van der Waals surface area (Å²) in [7, 11) is 0. The Morgan fingerprint density at radius 3 is 2.36 bits per heavy atom. The second-order valence-corrected chi connectivity index (χ2v) is 2.98. The van der Waals surface area contributed by atoms with E-state index in [2.05, 4.69) is 43.7 Å². The molecule has 0 N–H and O–H groups in total. The monoisotopic (exact) mass is 182 g/mol. The van der Waals surface area contributed by atoms with E-state index in [9.17, 15) is 0 Å². The highest BCUT2D eigenvalue weighted by Gasteiger charge is 1.96. The van der Waals surface area contributed by atoms with Crippen LogP contribution in [0.25, 0.3) is 11.6 Å². The van der Waals surface area contributed by atoms with E-state index in [-0.39, 0.29) is 0 Å². The van der Waals surface area contributed by atoms with Crippen LogP contribution in [0, 0.1) is 0 Å². The number of rotatable bonds is 3. The van der Waals surface area contributed by atoms with Crippen molar-refractivity contribution in [2.45, 2.75) is 13.3 Å². The van der Waals surface area contributed by atoms with Crippen molar-refractivity contribution < 1.29 is 0 Å². The first-order chi connectivity index (χ1) is 6.81. The summed E-state index contributed by atoms with van der Waals surface area (Å²) in [5, 5.41) is 0. The molecule has 0 bridgehead atoms. The molecule has 0 nitrogen and oxygen atoms in total. The van der Waals surface area contributed by atoms with Crippen molar-refractivity contribution in [3.63, 3.8) is 0 Å². The lowest BCUT2D eigenvalue weighted by atomic mass is 10.0. The molecule has 0 spiro atoms. The van der Waals surface area contributed by atoms with Crippen LogP contribution in [0.2, 0.25) is 0 Å². The highest BCUT2D eigenvalue weighted by molar-refractivity contribution is 5.65. The van der Waals surface area contributed by atoms with Crippen molar-refractivity contribution >= 4 is 11.6 Å². The Hall–Kier alpha value is -1.74. The maximum Gasteiger partial charge on any atom is 0.000306 e. The quantitative estimate of drug-likeness (QED) is 0.618. The first-order valence-corrected chi connectivity index (χ1v) is 4.67. The molecule has 14 heavy (non-hydrogen) atoms. The van der Waals surface area contributed by atoms with Gasteiger partial charge in [0.25, 0.3) is 0 Å². The van der Waals surface area contributed by atoms with Gasteiger partial charge >= 0.3 is 0 Å². The molecule has 0 fully saturated rings. The molecule has 0 heteroatoms. The van der Waals surface area contributed by atoms with Gasteiger partial charge in [-0.15, -0.1) is 11.5 Å². The van der Waals surface area contributed by atoms with Crippen molar-refractivity contribution in [3.05, 3.63) is 60.0 Å². The highest BCUT2D eigenvalue weighted by Crippen LogP contribution is 2.17. The van der Waals surface area contributed by atoms with E-state index < -0.39 is 0 Å². The molecule has 0 unspecified atom stereocenters. The summed E-state index contributed by atoms with van der Waals surface area (Å²) in [4.78, 5) is 0. The van der Waals surface area contributed by atoms with E-state index in [4.69, 9.17) is 0 Å². The van der Waals surface area contributed by atoms with Crippen LogP contribution in [-0.4, -0.2) is 0 Å². The van der Waals surface area contributed by atoms with Gasteiger partial charge in [0, 0.05) is 5.57 Å². The minimum Gasteiger partial charge on any atom is -0.128 e. The van der Waals surface area contributed by atoms with Crippen LogP contribution >= 0.6 is 0 Å². The third-order valence-corrected chi connectivity index (χ3v) is 2.09. The lowest BCUT2D eigenvalue weighted by Crippen LogP contribution is -1.81. The fraction of sp³-hybridized carbons (Fsp3) is 0.143. The van der Waals surface area contributed by atoms with E-state index in [1.807, 2.05) is 18.2 Å². The van der Waals surface area contributed by atoms with Crippen molar-refractivity contribution in [2.75, 3.05) is 0 Å². The van der Waals surface area contributed by atoms with Gasteiger partial charge in [0.1, 0.15) is 0 Å². The van der Waals surface area contributed by atoms with Gasteiger partial charge in [0.2, 0.25) is 0 Å². The van der Waals surface area contributed by atoms with Gasteiger partial charge < -0.3 is 0 Å². The van der Waals surface area contributed by atoms with Gasteiger partial charge in [0.15, 0.2) is 0 Å². The Balaban J connectivity index is 3.04. The van der Waals surface area contributed by atoms with Crippen LogP contribution in [0.1, 0.15) is 24.5 Å². The molecule has 0 aliphatic carbocycles. The van der Waals surface area contributed by atoms with Crippen LogP contribution < -0.4 is 0 Å². The molecule has 1 aromatic rings. The molecule has 0 aliphatic rings. The van der Waals surface area contributed by atoms with E-state index in [0.717, 1.165) is 17.6 Å². The van der Waals surface area contributed by atoms with Gasteiger partial charge in [-0.1, -0.05) is 44.3 Å². The van der Waals surface area contributed by atoms with E-state index in [1.165, 1.54) is 5.56 Å². The fourth-order valence-electron chi connectivity index (χ4n) is 1.33. The molecule has 0 aliphatic heterocycles. The minimum absolute atomic E-state index is 0.958. The largest absolute Gasteiger partial charge is 0.128 e. The summed E-state index contributed by atoms with van der Waals surface area (Å²) in [6, 6.07) is 8.22. The van der Waals surface area contributed by atoms with Crippen LogP contribution in [0.3, 0.4) is 0 Å². The molecule has 1 aromatic carbocycles. The van der Waals surface area contributed by atoms with Gasteiger partial charge in [-0.3, -0.25) is 0 Å². The third-order valence-electron chi connectivity index (χ3n) is 2.09. The third kappa shape index (κ3) is 2.37. The molecular formula is C14H14. The van der Waals surface area contributed by atoms with Gasteiger partial charge in [-0.05, 0) is 23.6 Å². The summed E-state index contributed by atoms with van der Waals surface area (Å²) in [6.45, 7) is 9.31. The second kappa shape index (κ2) is 5.09. The predicted octanol–water partition coefficient (Wildman–Crippen LogP) is 4.06. The van der Waals surface area contributed by atoms with E-state index in [1.54, 1.807) is 0 Å². The SMILES string of the molecule is C=C=Cc1ccc(C(=C=C)CC)cc1. The zero-order valence-electron chi connectivity index (χ0n) is 8.51. The summed E-state index contributed by atoms with van der Waals surface area (Å²) in [6.07, 6.45) is 2.81. The normalized spacial score (nSPS) is 8.64. The van der Waals surface area contributed by atoms with Crippen molar-refractivity contribution in [1.82, 2.24) is 0 Å². The topological polar surface area (TPSA) is 0 Å². The number of hydrogen-bond acceptors (Lipinski definition) is 0. The Bertz CT molecular complexity index is 394. The Labute approximate surface area is 85.6 Å².